The van der Waals surface area contributed by atoms with E-state index in [1.165, 1.54) is 0 Å². The Kier molecular flexibility index (Phi) is 3.89. The molecule has 1 aromatic carbocycles. The summed E-state index contributed by atoms with van der Waals surface area (Å²) in [6.45, 7) is 1.45. The van der Waals surface area contributed by atoms with Crippen LogP contribution in [0.4, 0.5) is 0 Å². The molecule has 0 aliphatic carbocycles. The monoisotopic (exact) mass is 329 g/mol. The molecule has 0 bridgehead atoms. The SMILES string of the molecule is Clc1ccccc1-c1n[nH]c2ccnc(OC3CCOCC3)c12. The lowest BCUT2D eigenvalue weighted by molar-refractivity contribution is 0.0244. The second kappa shape index (κ2) is 6.18. The summed E-state index contributed by atoms with van der Waals surface area (Å²) in [7, 11) is 0. The van der Waals surface area contributed by atoms with Gasteiger partial charge in [0.15, 0.2) is 0 Å². The number of nitrogens with one attached hydrogen (secondary N) is 1. The van der Waals surface area contributed by atoms with E-state index < -0.39 is 0 Å². The van der Waals surface area contributed by atoms with Crippen molar-refractivity contribution >= 4 is 22.5 Å². The Hall–Kier alpha value is -2.11. The van der Waals surface area contributed by atoms with Gasteiger partial charge in [0.1, 0.15) is 11.8 Å². The molecular weight excluding hydrogens is 314 g/mol. The van der Waals surface area contributed by atoms with Crippen LogP contribution in [0.15, 0.2) is 36.5 Å². The highest BCUT2D eigenvalue weighted by Gasteiger charge is 2.21. The number of fused-ring (bicyclic) bond motifs is 1. The van der Waals surface area contributed by atoms with Gasteiger partial charge < -0.3 is 9.47 Å². The molecule has 6 heteroatoms. The Morgan fingerprint density at radius 3 is 2.83 bits per heavy atom. The van der Waals surface area contributed by atoms with Crippen LogP contribution in [-0.4, -0.2) is 34.5 Å². The van der Waals surface area contributed by atoms with Crippen LogP contribution < -0.4 is 4.74 Å². The van der Waals surface area contributed by atoms with Crippen molar-refractivity contribution in [2.24, 2.45) is 0 Å². The van der Waals surface area contributed by atoms with Gasteiger partial charge in [0.25, 0.3) is 0 Å². The summed E-state index contributed by atoms with van der Waals surface area (Å²) in [5, 5.41) is 8.99. The normalized spacial score (nSPS) is 15.9. The average Bonchev–Trinajstić information content (AvgIpc) is 3.01. The topological polar surface area (TPSA) is 60.0 Å². The fourth-order valence-corrected chi connectivity index (χ4v) is 3.05. The molecule has 0 unspecified atom stereocenters. The van der Waals surface area contributed by atoms with Crippen LogP contribution >= 0.6 is 11.6 Å². The number of aromatic amines is 1. The molecule has 3 aromatic rings. The van der Waals surface area contributed by atoms with E-state index in [-0.39, 0.29) is 6.10 Å². The number of rotatable bonds is 3. The van der Waals surface area contributed by atoms with Crippen molar-refractivity contribution in [1.82, 2.24) is 15.2 Å². The average molecular weight is 330 g/mol. The first-order chi connectivity index (χ1) is 11.3. The van der Waals surface area contributed by atoms with Crippen LogP contribution in [0.3, 0.4) is 0 Å². The minimum Gasteiger partial charge on any atom is -0.474 e. The summed E-state index contributed by atoms with van der Waals surface area (Å²) in [5.74, 6) is 0.595. The predicted molar refractivity (Wildman–Crippen MR) is 88.8 cm³/mol. The molecule has 0 amide bonds. The summed E-state index contributed by atoms with van der Waals surface area (Å²) in [5.41, 5.74) is 2.52. The molecule has 0 atom stereocenters. The number of nitrogens with zero attached hydrogens (tertiary/aromatic N) is 2. The third-order valence-electron chi connectivity index (χ3n) is 4.02. The van der Waals surface area contributed by atoms with Crippen LogP contribution in [0, 0.1) is 0 Å². The quantitative estimate of drug-likeness (QED) is 0.793. The van der Waals surface area contributed by atoms with Crippen molar-refractivity contribution in [3.8, 4) is 17.1 Å². The molecule has 23 heavy (non-hydrogen) atoms. The number of hydrogen-bond acceptors (Lipinski definition) is 4. The molecule has 1 aliphatic heterocycles. The van der Waals surface area contributed by atoms with E-state index in [0.29, 0.717) is 10.9 Å². The Labute approximate surface area is 138 Å². The van der Waals surface area contributed by atoms with Gasteiger partial charge in [0, 0.05) is 24.6 Å². The molecule has 4 rings (SSSR count). The van der Waals surface area contributed by atoms with Gasteiger partial charge in [-0.3, -0.25) is 5.10 Å². The van der Waals surface area contributed by atoms with Crippen molar-refractivity contribution in [2.75, 3.05) is 13.2 Å². The minimum atomic E-state index is 0.121. The zero-order valence-electron chi connectivity index (χ0n) is 12.5. The first-order valence-electron chi connectivity index (χ1n) is 7.65. The summed E-state index contributed by atoms with van der Waals surface area (Å²) in [6.07, 6.45) is 3.59. The van der Waals surface area contributed by atoms with Gasteiger partial charge in [-0.2, -0.15) is 5.10 Å². The number of halogens is 1. The third-order valence-corrected chi connectivity index (χ3v) is 4.35. The second-order valence-corrected chi connectivity index (χ2v) is 5.93. The van der Waals surface area contributed by atoms with Gasteiger partial charge in [0.2, 0.25) is 5.88 Å². The molecule has 3 heterocycles. The molecule has 0 saturated carbocycles. The van der Waals surface area contributed by atoms with Crippen molar-refractivity contribution < 1.29 is 9.47 Å². The fraction of sp³-hybridized carbons (Fsp3) is 0.294. The predicted octanol–water partition coefficient (Wildman–Crippen LogP) is 3.84. The first-order valence-corrected chi connectivity index (χ1v) is 8.03. The van der Waals surface area contributed by atoms with Gasteiger partial charge in [-0.1, -0.05) is 29.8 Å². The minimum absolute atomic E-state index is 0.121. The van der Waals surface area contributed by atoms with Crippen LogP contribution in [-0.2, 0) is 4.74 Å². The van der Waals surface area contributed by atoms with Gasteiger partial charge in [-0.15, -0.1) is 0 Å². The number of hydrogen-bond donors (Lipinski definition) is 1. The van der Waals surface area contributed by atoms with Gasteiger partial charge in [0.05, 0.1) is 29.1 Å². The fourth-order valence-electron chi connectivity index (χ4n) is 2.83. The summed E-state index contributed by atoms with van der Waals surface area (Å²) < 4.78 is 11.5. The standard InChI is InChI=1S/C17H16ClN3O2/c18-13-4-2-1-3-12(13)16-15-14(20-21-16)5-8-19-17(15)23-11-6-9-22-10-7-11/h1-5,8,11H,6-7,9-10H2,(H,20,21). The van der Waals surface area contributed by atoms with E-state index in [2.05, 4.69) is 15.2 Å². The highest BCUT2D eigenvalue weighted by molar-refractivity contribution is 6.33. The summed E-state index contributed by atoms with van der Waals surface area (Å²) >= 11 is 6.33. The molecule has 1 N–H and O–H groups in total. The number of pyridine rings is 1. The highest BCUT2D eigenvalue weighted by Crippen LogP contribution is 2.36. The maximum atomic E-state index is 6.33. The molecule has 1 saturated heterocycles. The van der Waals surface area contributed by atoms with Gasteiger partial charge in [-0.25, -0.2) is 4.98 Å². The Morgan fingerprint density at radius 1 is 1.17 bits per heavy atom. The van der Waals surface area contributed by atoms with Gasteiger partial charge in [-0.05, 0) is 12.1 Å². The number of ether oxygens (including phenoxy) is 2. The Bertz CT molecular complexity index is 828. The summed E-state index contributed by atoms with van der Waals surface area (Å²) in [6, 6.07) is 9.53. The number of H-pyrrole nitrogens is 1. The molecule has 5 nitrogen and oxygen atoms in total. The summed E-state index contributed by atoms with van der Waals surface area (Å²) in [4.78, 5) is 4.42. The largest absolute Gasteiger partial charge is 0.474 e. The van der Waals surface area contributed by atoms with E-state index in [1.54, 1.807) is 6.20 Å². The zero-order chi connectivity index (χ0) is 15.6. The lowest BCUT2D eigenvalue weighted by Gasteiger charge is -2.23. The van der Waals surface area contributed by atoms with Crippen LogP contribution in [0.1, 0.15) is 12.8 Å². The van der Waals surface area contributed by atoms with E-state index in [0.717, 1.165) is 48.2 Å². The zero-order valence-corrected chi connectivity index (χ0v) is 13.2. The smallest absolute Gasteiger partial charge is 0.225 e. The van der Waals surface area contributed by atoms with Crippen LogP contribution in [0.5, 0.6) is 5.88 Å². The maximum absolute atomic E-state index is 6.33. The Morgan fingerprint density at radius 2 is 2.00 bits per heavy atom. The van der Waals surface area contributed by atoms with E-state index in [4.69, 9.17) is 21.1 Å². The van der Waals surface area contributed by atoms with Crippen LogP contribution in [0.25, 0.3) is 22.2 Å². The van der Waals surface area contributed by atoms with Crippen LogP contribution in [0.2, 0.25) is 5.02 Å². The molecular formula is C17H16ClN3O2. The van der Waals surface area contributed by atoms with E-state index in [1.807, 2.05) is 30.3 Å². The van der Waals surface area contributed by atoms with Crippen molar-refractivity contribution in [2.45, 2.75) is 18.9 Å². The molecule has 0 radical (unpaired) electrons. The molecule has 2 aromatic heterocycles. The Balaban J connectivity index is 1.79. The van der Waals surface area contributed by atoms with E-state index in [9.17, 15) is 0 Å². The first kappa shape index (κ1) is 14.5. The molecule has 0 spiro atoms. The highest BCUT2D eigenvalue weighted by atomic mass is 35.5. The molecule has 1 aliphatic rings. The number of aromatic nitrogens is 3. The third kappa shape index (κ3) is 2.78. The van der Waals surface area contributed by atoms with Crippen molar-refractivity contribution in [3.05, 3.63) is 41.6 Å². The lowest BCUT2D eigenvalue weighted by Crippen LogP contribution is -2.26. The molecule has 1 fully saturated rings. The molecule has 118 valence electrons. The number of benzene rings is 1. The maximum Gasteiger partial charge on any atom is 0.225 e. The van der Waals surface area contributed by atoms with Crippen molar-refractivity contribution in [3.63, 3.8) is 0 Å². The van der Waals surface area contributed by atoms with Gasteiger partial charge >= 0.3 is 0 Å². The second-order valence-electron chi connectivity index (χ2n) is 5.52. The van der Waals surface area contributed by atoms with Crippen molar-refractivity contribution in [1.29, 1.82) is 0 Å². The van der Waals surface area contributed by atoms with E-state index >= 15 is 0 Å². The lowest BCUT2D eigenvalue weighted by atomic mass is 10.1.